The van der Waals surface area contributed by atoms with Crippen LogP contribution in [0.5, 0.6) is 0 Å². The zero-order chi connectivity index (χ0) is 21.5. The molecule has 0 unspecified atom stereocenters. The molecule has 3 rings (SSSR count). The lowest BCUT2D eigenvalue weighted by Crippen LogP contribution is -2.24. The van der Waals surface area contributed by atoms with Crippen LogP contribution >= 0.6 is 0 Å². The number of benzene rings is 1. The van der Waals surface area contributed by atoms with Crippen LogP contribution in [0.3, 0.4) is 0 Å². The summed E-state index contributed by atoms with van der Waals surface area (Å²) in [6, 6.07) is 7.76. The standard InChI is InChI=1S/C22H25N3O5/c1-3-29-21(27)15-12-16(22(28)30-4-2)14-17(13-15)24-20(26)18-8-7-9-23-19(18)25-10-5-6-11-25/h7-9,12-14H,3-6,10-11H2,1-2H3,(H,24,26). The number of ether oxygens (including phenoxy) is 2. The van der Waals surface area contributed by atoms with Crippen LogP contribution in [0.2, 0.25) is 0 Å². The Kier molecular flexibility index (Phi) is 7.00. The normalized spacial score (nSPS) is 13.1. The topological polar surface area (TPSA) is 97.8 Å². The highest BCUT2D eigenvalue weighted by Crippen LogP contribution is 2.24. The molecule has 0 atom stereocenters. The van der Waals surface area contributed by atoms with Gasteiger partial charge in [0.05, 0.1) is 29.9 Å². The molecule has 1 saturated heterocycles. The van der Waals surface area contributed by atoms with Crippen molar-refractivity contribution in [2.24, 2.45) is 0 Å². The van der Waals surface area contributed by atoms with Gasteiger partial charge in [-0.2, -0.15) is 0 Å². The maximum Gasteiger partial charge on any atom is 0.338 e. The first kappa shape index (κ1) is 21.3. The predicted octanol–water partition coefficient (Wildman–Crippen LogP) is 3.29. The van der Waals surface area contributed by atoms with Crippen molar-refractivity contribution in [2.75, 3.05) is 36.5 Å². The molecule has 8 nitrogen and oxygen atoms in total. The van der Waals surface area contributed by atoms with E-state index >= 15 is 0 Å². The van der Waals surface area contributed by atoms with E-state index in [9.17, 15) is 14.4 Å². The third-order valence-electron chi connectivity index (χ3n) is 4.65. The second kappa shape index (κ2) is 9.87. The fraction of sp³-hybridized carbons (Fsp3) is 0.364. The number of nitrogens with one attached hydrogen (secondary N) is 1. The van der Waals surface area contributed by atoms with E-state index in [-0.39, 0.29) is 30.2 Å². The number of aromatic nitrogens is 1. The number of pyridine rings is 1. The summed E-state index contributed by atoms with van der Waals surface area (Å²) < 4.78 is 10.1. The van der Waals surface area contributed by atoms with Crippen molar-refractivity contribution < 1.29 is 23.9 Å². The fourth-order valence-corrected chi connectivity index (χ4v) is 3.32. The summed E-state index contributed by atoms with van der Waals surface area (Å²) in [5, 5.41) is 2.78. The molecular formula is C22H25N3O5. The number of anilines is 2. The molecule has 1 amide bonds. The van der Waals surface area contributed by atoms with Crippen molar-refractivity contribution in [1.29, 1.82) is 0 Å². The highest BCUT2D eigenvalue weighted by Gasteiger charge is 2.22. The summed E-state index contributed by atoms with van der Waals surface area (Å²) in [4.78, 5) is 43.9. The van der Waals surface area contributed by atoms with Gasteiger partial charge in [0.2, 0.25) is 0 Å². The lowest BCUT2D eigenvalue weighted by molar-refractivity contribution is 0.0525. The Bertz CT molecular complexity index is 902. The molecule has 158 valence electrons. The number of amides is 1. The second-order valence-corrected chi connectivity index (χ2v) is 6.76. The molecule has 1 aliphatic heterocycles. The molecule has 8 heteroatoms. The average molecular weight is 411 g/mol. The van der Waals surface area contributed by atoms with Crippen LogP contribution in [-0.2, 0) is 9.47 Å². The molecule has 0 bridgehead atoms. The van der Waals surface area contributed by atoms with E-state index in [1.165, 1.54) is 18.2 Å². The molecule has 2 aromatic rings. The Balaban J connectivity index is 1.91. The van der Waals surface area contributed by atoms with Crippen LogP contribution in [0, 0.1) is 0 Å². The van der Waals surface area contributed by atoms with Gasteiger partial charge in [-0.25, -0.2) is 14.6 Å². The monoisotopic (exact) mass is 411 g/mol. The molecule has 30 heavy (non-hydrogen) atoms. The third kappa shape index (κ3) is 4.94. The van der Waals surface area contributed by atoms with E-state index in [0.29, 0.717) is 17.1 Å². The number of nitrogens with zero attached hydrogens (tertiary/aromatic N) is 2. The number of carbonyl (C=O) groups excluding carboxylic acids is 3. The predicted molar refractivity (Wildman–Crippen MR) is 112 cm³/mol. The van der Waals surface area contributed by atoms with Gasteiger partial charge in [0.1, 0.15) is 5.82 Å². The lowest BCUT2D eigenvalue weighted by atomic mass is 10.1. The van der Waals surface area contributed by atoms with Gasteiger partial charge >= 0.3 is 11.9 Å². The Morgan fingerprint density at radius 1 is 1.00 bits per heavy atom. The van der Waals surface area contributed by atoms with Gasteiger partial charge in [0.25, 0.3) is 5.91 Å². The number of rotatable bonds is 7. The number of hydrogen-bond acceptors (Lipinski definition) is 7. The van der Waals surface area contributed by atoms with Crippen molar-refractivity contribution in [3.63, 3.8) is 0 Å². The molecule has 1 aromatic heterocycles. The van der Waals surface area contributed by atoms with Gasteiger partial charge in [-0.1, -0.05) is 0 Å². The Hall–Kier alpha value is -3.42. The van der Waals surface area contributed by atoms with E-state index < -0.39 is 11.9 Å². The zero-order valence-corrected chi connectivity index (χ0v) is 17.1. The van der Waals surface area contributed by atoms with Crippen molar-refractivity contribution in [3.8, 4) is 0 Å². The molecule has 2 heterocycles. The summed E-state index contributed by atoms with van der Waals surface area (Å²) in [5.41, 5.74) is 1.04. The van der Waals surface area contributed by atoms with E-state index in [1.54, 1.807) is 32.2 Å². The SMILES string of the molecule is CCOC(=O)c1cc(NC(=O)c2cccnc2N2CCCC2)cc(C(=O)OCC)c1. The summed E-state index contributed by atoms with van der Waals surface area (Å²) in [5.74, 6) is -0.919. The minimum Gasteiger partial charge on any atom is -0.462 e. The quantitative estimate of drug-likeness (QED) is 0.698. The molecule has 1 aliphatic rings. The van der Waals surface area contributed by atoms with E-state index in [4.69, 9.17) is 9.47 Å². The molecule has 1 N–H and O–H groups in total. The molecule has 0 saturated carbocycles. The average Bonchev–Trinajstić information content (AvgIpc) is 3.28. The molecule has 1 fully saturated rings. The first-order valence-electron chi connectivity index (χ1n) is 10.0. The molecular weight excluding hydrogens is 386 g/mol. The summed E-state index contributed by atoms with van der Waals surface area (Å²) in [6.45, 7) is 5.47. The Morgan fingerprint density at radius 3 is 2.17 bits per heavy atom. The molecule has 1 aromatic carbocycles. The van der Waals surface area contributed by atoms with E-state index in [2.05, 4.69) is 15.2 Å². The van der Waals surface area contributed by atoms with Crippen molar-refractivity contribution in [2.45, 2.75) is 26.7 Å². The van der Waals surface area contributed by atoms with E-state index in [1.807, 2.05) is 0 Å². The third-order valence-corrected chi connectivity index (χ3v) is 4.65. The van der Waals surface area contributed by atoms with Gasteiger partial charge in [0, 0.05) is 25.0 Å². The first-order chi connectivity index (χ1) is 14.5. The molecule has 0 spiro atoms. The lowest BCUT2D eigenvalue weighted by Gasteiger charge is -2.19. The van der Waals surface area contributed by atoms with Gasteiger partial charge < -0.3 is 19.7 Å². The smallest absolute Gasteiger partial charge is 0.338 e. The highest BCUT2D eigenvalue weighted by molar-refractivity contribution is 6.08. The van der Waals surface area contributed by atoms with Crippen LogP contribution in [0.1, 0.15) is 57.8 Å². The Morgan fingerprint density at radius 2 is 1.60 bits per heavy atom. The number of carbonyl (C=O) groups is 3. The maximum absolute atomic E-state index is 13.0. The minimum atomic E-state index is -0.585. The number of esters is 2. The van der Waals surface area contributed by atoms with Crippen molar-refractivity contribution >= 4 is 29.4 Å². The minimum absolute atomic E-state index is 0.156. The fourth-order valence-electron chi connectivity index (χ4n) is 3.32. The van der Waals surface area contributed by atoms with Crippen molar-refractivity contribution in [1.82, 2.24) is 4.98 Å². The zero-order valence-electron chi connectivity index (χ0n) is 17.1. The van der Waals surface area contributed by atoms with Crippen molar-refractivity contribution in [3.05, 3.63) is 53.2 Å². The number of hydrogen-bond donors (Lipinski definition) is 1. The van der Waals surface area contributed by atoms with Crippen LogP contribution in [-0.4, -0.2) is 49.1 Å². The van der Waals surface area contributed by atoms with Gasteiger partial charge in [-0.05, 0) is 57.0 Å². The van der Waals surface area contributed by atoms with Gasteiger partial charge in [-0.3, -0.25) is 4.79 Å². The highest BCUT2D eigenvalue weighted by atomic mass is 16.5. The summed E-state index contributed by atoms with van der Waals surface area (Å²) in [6.07, 6.45) is 3.77. The second-order valence-electron chi connectivity index (χ2n) is 6.76. The largest absolute Gasteiger partial charge is 0.462 e. The molecule has 0 aliphatic carbocycles. The summed E-state index contributed by atoms with van der Waals surface area (Å²) in [7, 11) is 0. The van der Waals surface area contributed by atoms with Crippen LogP contribution in [0.4, 0.5) is 11.5 Å². The van der Waals surface area contributed by atoms with E-state index in [0.717, 1.165) is 25.9 Å². The Labute approximate surface area is 175 Å². The maximum atomic E-state index is 13.0. The summed E-state index contributed by atoms with van der Waals surface area (Å²) >= 11 is 0. The van der Waals surface area contributed by atoms with Crippen LogP contribution in [0.15, 0.2) is 36.5 Å². The van der Waals surface area contributed by atoms with Gasteiger partial charge in [-0.15, -0.1) is 0 Å². The first-order valence-corrected chi connectivity index (χ1v) is 10.0. The van der Waals surface area contributed by atoms with Gasteiger partial charge in [0.15, 0.2) is 0 Å². The van der Waals surface area contributed by atoms with Crippen LogP contribution in [0.25, 0.3) is 0 Å². The van der Waals surface area contributed by atoms with Crippen LogP contribution < -0.4 is 10.2 Å². The molecule has 0 radical (unpaired) electrons.